The van der Waals surface area contributed by atoms with E-state index >= 15 is 0 Å². The van der Waals surface area contributed by atoms with Crippen LogP contribution in [0.2, 0.25) is 0 Å². The molecule has 0 saturated carbocycles. The lowest BCUT2D eigenvalue weighted by atomic mass is 10.1. The SMILES string of the molecule is CC.CCCNc1c(N2CCOCC2)c(=O)c1=O.[HH]. The van der Waals surface area contributed by atoms with E-state index in [1.807, 2.05) is 25.7 Å². The van der Waals surface area contributed by atoms with Crippen molar-refractivity contribution in [2.45, 2.75) is 27.2 Å². The minimum Gasteiger partial charge on any atom is -0.380 e. The van der Waals surface area contributed by atoms with E-state index in [0.717, 1.165) is 13.0 Å². The molecule has 0 aliphatic carbocycles. The molecule has 0 bridgehead atoms. The molecule has 0 radical (unpaired) electrons. The van der Waals surface area contributed by atoms with E-state index in [-0.39, 0.29) is 12.3 Å². The second-order valence-corrected chi connectivity index (χ2v) is 3.91. The highest BCUT2D eigenvalue weighted by Crippen LogP contribution is 2.20. The van der Waals surface area contributed by atoms with Crippen LogP contribution in [-0.2, 0) is 4.74 Å². The van der Waals surface area contributed by atoms with E-state index in [2.05, 4.69) is 5.32 Å². The molecule has 1 heterocycles. The first-order valence-corrected chi connectivity index (χ1v) is 6.65. The summed E-state index contributed by atoms with van der Waals surface area (Å²) in [6, 6.07) is 0. The summed E-state index contributed by atoms with van der Waals surface area (Å²) >= 11 is 0. The fourth-order valence-electron chi connectivity index (χ4n) is 1.88. The van der Waals surface area contributed by atoms with Crippen molar-refractivity contribution >= 4 is 11.4 Å². The van der Waals surface area contributed by atoms with Crippen LogP contribution in [0.3, 0.4) is 0 Å². The first kappa shape index (κ1) is 14.7. The van der Waals surface area contributed by atoms with Gasteiger partial charge >= 0.3 is 0 Å². The maximum atomic E-state index is 11.5. The van der Waals surface area contributed by atoms with E-state index in [4.69, 9.17) is 4.74 Å². The molecule has 0 amide bonds. The Bertz CT molecular complexity index is 435. The normalized spacial score (nSPS) is 15.2. The first-order chi connectivity index (χ1) is 8.75. The van der Waals surface area contributed by atoms with Gasteiger partial charge in [0.1, 0.15) is 11.4 Å². The van der Waals surface area contributed by atoms with Gasteiger partial charge in [-0.3, -0.25) is 9.59 Å². The number of hydrogen-bond donors (Lipinski definition) is 1. The summed E-state index contributed by atoms with van der Waals surface area (Å²) in [4.78, 5) is 24.8. The lowest BCUT2D eigenvalue weighted by Crippen LogP contribution is -2.47. The summed E-state index contributed by atoms with van der Waals surface area (Å²) in [5.41, 5.74) is 0.311. The van der Waals surface area contributed by atoms with Crippen molar-refractivity contribution in [3.63, 3.8) is 0 Å². The smallest absolute Gasteiger partial charge is 0.253 e. The lowest BCUT2D eigenvalue weighted by Gasteiger charge is -2.30. The van der Waals surface area contributed by atoms with Crippen LogP contribution in [0.1, 0.15) is 28.6 Å². The van der Waals surface area contributed by atoms with Crippen LogP contribution >= 0.6 is 0 Å². The summed E-state index contributed by atoms with van der Waals surface area (Å²) in [5, 5.41) is 3.02. The zero-order chi connectivity index (χ0) is 13.5. The molecule has 1 aliphatic rings. The maximum Gasteiger partial charge on any atom is 0.253 e. The van der Waals surface area contributed by atoms with Gasteiger partial charge in [0.2, 0.25) is 0 Å². The van der Waals surface area contributed by atoms with Crippen LogP contribution in [0.15, 0.2) is 9.59 Å². The number of nitrogens with zero attached hydrogens (tertiary/aromatic N) is 1. The molecule has 2 rings (SSSR count). The maximum absolute atomic E-state index is 11.5. The van der Waals surface area contributed by atoms with Gasteiger partial charge in [0, 0.05) is 21.1 Å². The van der Waals surface area contributed by atoms with Crippen molar-refractivity contribution < 1.29 is 6.16 Å². The Morgan fingerprint density at radius 3 is 2.39 bits per heavy atom. The van der Waals surface area contributed by atoms with E-state index < -0.39 is 0 Å². The molecule has 5 heteroatoms. The van der Waals surface area contributed by atoms with Crippen molar-refractivity contribution in [3.05, 3.63) is 20.4 Å². The Kier molecular flexibility index (Phi) is 5.85. The second-order valence-electron chi connectivity index (χ2n) is 3.91. The number of morpholine rings is 1. The third kappa shape index (κ3) is 2.90. The molecule has 0 unspecified atom stereocenters. The average molecular weight is 256 g/mol. The number of anilines is 2. The highest BCUT2D eigenvalue weighted by molar-refractivity contribution is 5.75. The van der Waals surface area contributed by atoms with E-state index in [1.54, 1.807) is 0 Å². The van der Waals surface area contributed by atoms with Crippen molar-refractivity contribution in [1.29, 1.82) is 0 Å². The molecule has 1 fully saturated rings. The number of nitrogens with one attached hydrogen (secondary N) is 1. The van der Waals surface area contributed by atoms with Crippen molar-refractivity contribution in [3.8, 4) is 0 Å². The summed E-state index contributed by atoms with van der Waals surface area (Å²) in [5.74, 6) is 0. The number of ether oxygens (including phenoxy) is 1. The van der Waals surface area contributed by atoms with Crippen LogP contribution in [0.4, 0.5) is 11.4 Å². The van der Waals surface area contributed by atoms with E-state index in [1.165, 1.54) is 0 Å². The zero-order valence-corrected chi connectivity index (χ0v) is 11.4. The summed E-state index contributed by atoms with van der Waals surface area (Å²) in [6.45, 7) is 9.35. The molecule has 1 saturated heterocycles. The fourth-order valence-corrected chi connectivity index (χ4v) is 1.88. The summed E-state index contributed by atoms with van der Waals surface area (Å²) in [6.07, 6.45) is 0.932. The molecule has 0 spiro atoms. The largest absolute Gasteiger partial charge is 0.380 e. The molecule has 1 aromatic carbocycles. The average Bonchev–Trinajstić information content (AvgIpc) is 2.45. The zero-order valence-electron chi connectivity index (χ0n) is 11.4. The predicted octanol–water partition coefficient (Wildman–Crippen LogP) is 1.21. The Morgan fingerprint density at radius 2 is 1.83 bits per heavy atom. The third-order valence-corrected chi connectivity index (χ3v) is 2.76. The molecule has 1 aliphatic heterocycles. The minimum absolute atomic E-state index is 0. The van der Waals surface area contributed by atoms with Crippen LogP contribution < -0.4 is 21.1 Å². The third-order valence-electron chi connectivity index (χ3n) is 2.76. The van der Waals surface area contributed by atoms with E-state index in [9.17, 15) is 9.59 Å². The number of rotatable bonds is 4. The van der Waals surface area contributed by atoms with Crippen LogP contribution in [0, 0.1) is 0 Å². The van der Waals surface area contributed by atoms with Crippen molar-refractivity contribution in [2.24, 2.45) is 0 Å². The second kappa shape index (κ2) is 7.16. The molecule has 5 nitrogen and oxygen atoms in total. The predicted molar refractivity (Wildman–Crippen MR) is 76.6 cm³/mol. The highest BCUT2D eigenvalue weighted by atomic mass is 16.5. The van der Waals surface area contributed by atoms with Crippen molar-refractivity contribution in [2.75, 3.05) is 43.1 Å². The van der Waals surface area contributed by atoms with Gasteiger partial charge in [-0.05, 0) is 6.42 Å². The Hall–Kier alpha value is -1.36. The lowest BCUT2D eigenvalue weighted by molar-refractivity contribution is 0.122. The van der Waals surface area contributed by atoms with Gasteiger partial charge in [-0.25, -0.2) is 0 Å². The van der Waals surface area contributed by atoms with Crippen LogP contribution in [0.5, 0.6) is 0 Å². The molecule has 0 atom stereocenters. The fraction of sp³-hybridized carbons (Fsp3) is 0.692. The van der Waals surface area contributed by atoms with Gasteiger partial charge in [0.05, 0.1) is 13.2 Å². The number of hydrogen-bond acceptors (Lipinski definition) is 5. The van der Waals surface area contributed by atoms with Gasteiger partial charge in [-0.2, -0.15) is 0 Å². The molecule has 1 aromatic rings. The molecule has 18 heavy (non-hydrogen) atoms. The summed E-state index contributed by atoms with van der Waals surface area (Å²) in [7, 11) is 0. The van der Waals surface area contributed by atoms with Gasteiger partial charge in [0.25, 0.3) is 10.9 Å². The Morgan fingerprint density at radius 1 is 1.22 bits per heavy atom. The van der Waals surface area contributed by atoms with E-state index in [0.29, 0.717) is 37.7 Å². The van der Waals surface area contributed by atoms with Crippen LogP contribution in [0.25, 0.3) is 0 Å². The molecular formula is C13H24N2O3. The standard InChI is InChI=1S/C11H16N2O3.C2H6.H2/c1-2-3-12-8-9(11(15)10(8)14)13-4-6-16-7-5-13;1-2;/h12H,2-7H2,1H3;1-2H3;1H. The van der Waals surface area contributed by atoms with Gasteiger partial charge < -0.3 is 15.0 Å². The Labute approximate surface area is 109 Å². The highest BCUT2D eigenvalue weighted by Gasteiger charge is 2.26. The van der Waals surface area contributed by atoms with Gasteiger partial charge in [-0.1, -0.05) is 20.8 Å². The van der Waals surface area contributed by atoms with Gasteiger partial charge in [-0.15, -0.1) is 0 Å². The molecule has 0 aromatic heterocycles. The van der Waals surface area contributed by atoms with Crippen LogP contribution in [-0.4, -0.2) is 32.8 Å². The van der Waals surface area contributed by atoms with Crippen molar-refractivity contribution in [1.82, 2.24) is 0 Å². The monoisotopic (exact) mass is 256 g/mol. The topological polar surface area (TPSA) is 58.6 Å². The first-order valence-electron chi connectivity index (χ1n) is 6.65. The molecular weight excluding hydrogens is 232 g/mol. The molecule has 104 valence electrons. The Balaban J connectivity index is 0.00000103. The molecule has 1 N–H and O–H groups in total. The quantitative estimate of drug-likeness (QED) is 0.821. The van der Waals surface area contributed by atoms with Gasteiger partial charge in [0.15, 0.2) is 0 Å². The summed E-state index contributed by atoms with van der Waals surface area (Å²) < 4.78 is 5.22. The minimum atomic E-state index is -0.380.